The van der Waals surface area contributed by atoms with Crippen LogP contribution in [0, 0.1) is 5.92 Å². The minimum absolute atomic E-state index is 0.411. The van der Waals surface area contributed by atoms with E-state index in [9.17, 15) is 0 Å². The number of benzene rings is 1. The second kappa shape index (κ2) is 4.21. The van der Waals surface area contributed by atoms with Crippen LogP contribution in [0.25, 0.3) is 0 Å². The molecule has 0 saturated heterocycles. The van der Waals surface area contributed by atoms with E-state index in [4.69, 9.17) is 17.3 Å². The number of aryl methyl sites for hydroxylation is 1. The molecule has 2 saturated carbocycles. The van der Waals surface area contributed by atoms with Gasteiger partial charge in [0.25, 0.3) is 0 Å². The quantitative estimate of drug-likeness (QED) is 0.891. The average molecular weight is 277 g/mol. The SMILES string of the molecule is NCC1CC(NC2CC23CCc2ccc(Cl)cc23)C1. The van der Waals surface area contributed by atoms with Crippen molar-refractivity contribution in [3.05, 3.63) is 34.3 Å². The minimum atomic E-state index is 0.411. The lowest BCUT2D eigenvalue weighted by molar-refractivity contribution is 0.223. The lowest BCUT2D eigenvalue weighted by Crippen LogP contribution is -2.46. The average Bonchev–Trinajstić information content (AvgIpc) is 2.94. The van der Waals surface area contributed by atoms with Crippen molar-refractivity contribution < 1.29 is 0 Å². The predicted molar refractivity (Wildman–Crippen MR) is 78.6 cm³/mol. The fourth-order valence-corrected chi connectivity index (χ4v) is 4.34. The summed E-state index contributed by atoms with van der Waals surface area (Å²) < 4.78 is 0. The molecule has 1 aromatic rings. The second-order valence-corrected chi connectivity index (χ2v) is 7.09. The molecule has 0 heterocycles. The highest BCUT2D eigenvalue weighted by Crippen LogP contribution is 2.57. The largest absolute Gasteiger partial charge is 0.330 e. The first-order valence-corrected chi connectivity index (χ1v) is 7.84. The van der Waals surface area contributed by atoms with Crippen molar-refractivity contribution >= 4 is 11.6 Å². The van der Waals surface area contributed by atoms with Crippen molar-refractivity contribution in [2.75, 3.05) is 6.54 Å². The Balaban J connectivity index is 1.46. The molecule has 0 radical (unpaired) electrons. The molecule has 19 heavy (non-hydrogen) atoms. The van der Waals surface area contributed by atoms with Crippen LogP contribution in [0.1, 0.15) is 36.8 Å². The number of rotatable bonds is 3. The summed E-state index contributed by atoms with van der Waals surface area (Å²) in [6.07, 6.45) is 6.36. The fraction of sp³-hybridized carbons (Fsp3) is 0.625. The monoisotopic (exact) mass is 276 g/mol. The molecule has 102 valence electrons. The van der Waals surface area contributed by atoms with Crippen LogP contribution >= 0.6 is 11.6 Å². The smallest absolute Gasteiger partial charge is 0.0409 e. The van der Waals surface area contributed by atoms with Gasteiger partial charge in [0.15, 0.2) is 0 Å². The van der Waals surface area contributed by atoms with E-state index in [1.54, 1.807) is 0 Å². The van der Waals surface area contributed by atoms with Gasteiger partial charge in [0, 0.05) is 22.5 Å². The maximum atomic E-state index is 6.17. The van der Waals surface area contributed by atoms with Crippen molar-refractivity contribution in [3.8, 4) is 0 Å². The number of hydrogen-bond donors (Lipinski definition) is 2. The first-order chi connectivity index (χ1) is 9.21. The molecule has 4 rings (SSSR count). The lowest BCUT2D eigenvalue weighted by Gasteiger charge is -2.36. The maximum absolute atomic E-state index is 6.17. The van der Waals surface area contributed by atoms with Crippen molar-refractivity contribution in [2.45, 2.75) is 49.6 Å². The fourth-order valence-electron chi connectivity index (χ4n) is 4.17. The summed E-state index contributed by atoms with van der Waals surface area (Å²) in [5.74, 6) is 0.762. The topological polar surface area (TPSA) is 38.0 Å². The van der Waals surface area contributed by atoms with E-state index in [-0.39, 0.29) is 0 Å². The Morgan fingerprint density at radius 3 is 3.00 bits per heavy atom. The molecule has 2 atom stereocenters. The number of nitrogens with one attached hydrogen (secondary N) is 1. The van der Waals surface area contributed by atoms with Crippen LogP contribution in [0.4, 0.5) is 0 Å². The van der Waals surface area contributed by atoms with Crippen LogP contribution in [0.15, 0.2) is 18.2 Å². The van der Waals surface area contributed by atoms with Gasteiger partial charge >= 0.3 is 0 Å². The van der Waals surface area contributed by atoms with Crippen LogP contribution in [-0.2, 0) is 11.8 Å². The molecule has 3 N–H and O–H groups in total. The molecule has 0 bridgehead atoms. The van der Waals surface area contributed by atoms with Crippen LogP contribution in [0.2, 0.25) is 5.02 Å². The first kappa shape index (κ1) is 12.2. The normalized spacial score (nSPS) is 39.2. The Labute approximate surface area is 119 Å². The van der Waals surface area contributed by atoms with Crippen LogP contribution < -0.4 is 11.1 Å². The Morgan fingerprint density at radius 1 is 1.37 bits per heavy atom. The van der Waals surface area contributed by atoms with Crippen molar-refractivity contribution in [1.29, 1.82) is 0 Å². The molecule has 2 nitrogen and oxygen atoms in total. The molecule has 0 aliphatic heterocycles. The molecule has 0 amide bonds. The Kier molecular flexibility index (Phi) is 2.70. The van der Waals surface area contributed by atoms with E-state index < -0.39 is 0 Å². The highest BCUT2D eigenvalue weighted by atomic mass is 35.5. The third-order valence-corrected chi connectivity index (χ3v) is 5.77. The molecule has 3 heteroatoms. The van der Waals surface area contributed by atoms with E-state index in [2.05, 4.69) is 17.4 Å². The summed E-state index contributed by atoms with van der Waals surface area (Å²) in [4.78, 5) is 0. The molecular weight excluding hydrogens is 256 g/mol. The third kappa shape index (κ3) is 1.84. The van der Waals surface area contributed by atoms with E-state index >= 15 is 0 Å². The van der Waals surface area contributed by atoms with Gasteiger partial charge in [-0.05, 0) is 67.8 Å². The standard InChI is InChI=1S/C16H21ClN2/c17-12-2-1-11-3-4-16(14(11)7-12)8-15(16)19-13-5-10(6-13)9-18/h1-2,7,10,13,15,19H,3-6,8-9,18H2. The lowest BCUT2D eigenvalue weighted by atomic mass is 9.80. The van der Waals surface area contributed by atoms with Crippen LogP contribution in [-0.4, -0.2) is 18.6 Å². The van der Waals surface area contributed by atoms with Gasteiger partial charge in [0.05, 0.1) is 0 Å². The minimum Gasteiger partial charge on any atom is -0.330 e. The van der Waals surface area contributed by atoms with Crippen molar-refractivity contribution in [3.63, 3.8) is 0 Å². The van der Waals surface area contributed by atoms with E-state index in [0.717, 1.165) is 17.5 Å². The number of hydrogen-bond acceptors (Lipinski definition) is 2. The third-order valence-electron chi connectivity index (χ3n) is 5.53. The zero-order valence-corrected chi connectivity index (χ0v) is 11.9. The first-order valence-electron chi connectivity index (χ1n) is 7.46. The van der Waals surface area contributed by atoms with E-state index in [1.807, 2.05) is 6.07 Å². The maximum Gasteiger partial charge on any atom is 0.0409 e. The van der Waals surface area contributed by atoms with Gasteiger partial charge < -0.3 is 11.1 Å². The highest BCUT2D eigenvalue weighted by molar-refractivity contribution is 6.30. The molecule has 3 aliphatic rings. The zero-order valence-electron chi connectivity index (χ0n) is 11.2. The van der Waals surface area contributed by atoms with Gasteiger partial charge in [-0.2, -0.15) is 0 Å². The van der Waals surface area contributed by atoms with Crippen LogP contribution in [0.3, 0.4) is 0 Å². The molecule has 2 unspecified atom stereocenters. The molecule has 1 aromatic carbocycles. The van der Waals surface area contributed by atoms with Gasteiger partial charge in [-0.15, -0.1) is 0 Å². The van der Waals surface area contributed by atoms with Gasteiger partial charge in [-0.1, -0.05) is 17.7 Å². The van der Waals surface area contributed by atoms with E-state index in [0.29, 0.717) is 17.5 Å². The van der Waals surface area contributed by atoms with Gasteiger partial charge in [-0.25, -0.2) is 0 Å². The summed E-state index contributed by atoms with van der Waals surface area (Å²) in [5, 5.41) is 4.74. The molecular formula is C16H21ClN2. The summed E-state index contributed by atoms with van der Waals surface area (Å²) >= 11 is 6.17. The van der Waals surface area contributed by atoms with Crippen molar-refractivity contribution in [1.82, 2.24) is 5.32 Å². The van der Waals surface area contributed by atoms with Crippen molar-refractivity contribution in [2.24, 2.45) is 11.7 Å². The zero-order chi connectivity index (χ0) is 13.0. The molecule has 0 aromatic heterocycles. The molecule has 1 spiro atoms. The van der Waals surface area contributed by atoms with Crippen LogP contribution in [0.5, 0.6) is 0 Å². The van der Waals surface area contributed by atoms with Gasteiger partial charge in [-0.3, -0.25) is 0 Å². The molecule has 3 aliphatic carbocycles. The number of nitrogens with two attached hydrogens (primary N) is 1. The summed E-state index contributed by atoms with van der Waals surface area (Å²) in [6.45, 7) is 0.854. The Bertz CT molecular complexity index is 509. The summed E-state index contributed by atoms with van der Waals surface area (Å²) in [7, 11) is 0. The number of fused-ring (bicyclic) bond motifs is 2. The molecule has 2 fully saturated rings. The highest BCUT2D eigenvalue weighted by Gasteiger charge is 2.58. The predicted octanol–water partition coefficient (Wildman–Crippen LogP) is 2.62. The Morgan fingerprint density at radius 2 is 2.21 bits per heavy atom. The summed E-state index contributed by atoms with van der Waals surface area (Å²) in [5.41, 5.74) is 9.14. The second-order valence-electron chi connectivity index (χ2n) is 6.65. The van der Waals surface area contributed by atoms with E-state index in [1.165, 1.54) is 43.2 Å². The summed E-state index contributed by atoms with van der Waals surface area (Å²) in [6, 6.07) is 7.84. The Hall–Kier alpha value is -0.570. The van der Waals surface area contributed by atoms with Gasteiger partial charge in [0.2, 0.25) is 0 Å². The van der Waals surface area contributed by atoms with Gasteiger partial charge in [0.1, 0.15) is 0 Å². The number of halogens is 1.